The summed E-state index contributed by atoms with van der Waals surface area (Å²) in [4.78, 5) is 106. The predicted molar refractivity (Wildman–Crippen MR) is 205 cm³/mol. The van der Waals surface area contributed by atoms with E-state index in [2.05, 4.69) is 46.2 Å². The summed E-state index contributed by atoms with van der Waals surface area (Å²) in [6, 6.07) is 5.06. The highest BCUT2D eigenvalue weighted by atomic mass is 16.2. The van der Waals surface area contributed by atoms with Crippen molar-refractivity contribution in [2.45, 2.75) is 84.8 Å². The topological polar surface area (TPSA) is 312 Å². The normalized spacial score (nSPS) is 13.1. The van der Waals surface area contributed by atoms with Crippen LogP contribution in [0.15, 0.2) is 40.2 Å². The molecule has 0 unspecified atom stereocenters. The zero-order chi connectivity index (χ0) is 40.7. The minimum absolute atomic E-state index is 0.0478. The molecule has 0 aliphatic carbocycles. The summed E-state index contributed by atoms with van der Waals surface area (Å²) in [7, 11) is 0. The van der Waals surface area contributed by atoms with Gasteiger partial charge in [-0.05, 0) is 57.4 Å². The molecule has 0 radical (unpaired) electrons. The van der Waals surface area contributed by atoms with Gasteiger partial charge < -0.3 is 38.5 Å². The molecule has 19 nitrogen and oxygen atoms in total. The Morgan fingerprint density at radius 3 is 2.25 bits per heavy atom. The molecule has 0 fully saturated rings. The molecular formula is C36H50N12O7. The summed E-state index contributed by atoms with van der Waals surface area (Å²) in [5, 5.41) is 11.2. The third-order valence-electron chi connectivity index (χ3n) is 8.58. The molecule has 0 saturated heterocycles. The number of aromatic nitrogens is 4. The van der Waals surface area contributed by atoms with Crippen molar-refractivity contribution in [2.24, 2.45) is 28.3 Å². The van der Waals surface area contributed by atoms with Crippen LogP contribution in [0.1, 0.15) is 82.3 Å². The average molecular weight is 763 g/mol. The van der Waals surface area contributed by atoms with Crippen LogP contribution in [0.3, 0.4) is 0 Å². The van der Waals surface area contributed by atoms with E-state index in [1.807, 2.05) is 0 Å². The van der Waals surface area contributed by atoms with Gasteiger partial charge in [-0.25, -0.2) is 9.97 Å². The van der Waals surface area contributed by atoms with Gasteiger partial charge in [0.1, 0.15) is 5.78 Å². The fraction of sp³-hybridized carbons (Fsp3) is 0.472. The number of carbonyl (C=O) groups is 6. The molecule has 1 aromatic carbocycles. The molecule has 0 aliphatic rings. The lowest BCUT2D eigenvalue weighted by molar-refractivity contribution is -0.134. The summed E-state index contributed by atoms with van der Waals surface area (Å²) in [5.41, 5.74) is 17.6. The number of H-pyrrole nitrogens is 1. The zero-order valence-electron chi connectivity index (χ0n) is 31.4. The lowest BCUT2D eigenvalue weighted by Crippen LogP contribution is -2.45. The average Bonchev–Trinajstić information content (AvgIpc) is 3.13. The van der Waals surface area contributed by atoms with Crippen molar-refractivity contribution in [1.29, 1.82) is 0 Å². The molecule has 0 saturated carbocycles. The number of nitrogens with zero attached hydrogens (tertiary/aromatic N) is 4. The Kier molecular flexibility index (Phi) is 16.3. The first-order chi connectivity index (χ1) is 26.0. The third-order valence-corrected chi connectivity index (χ3v) is 8.58. The van der Waals surface area contributed by atoms with Crippen LogP contribution in [0.2, 0.25) is 0 Å². The standard InChI is InChI=1S/C36H50N12O7/c1-19(32(53)46-27(8-6-14-41-35(37)38)28(51)16-20(2)31(52)44-21(3)22(4)49)15-26(50)7-5-13-40-33(54)23-9-11-24(12-10-23)42-17-25-18-43-30-29(45-25)34(55)48-36(39)47-30/h9-12,18-21,27,42H,5-8,13-17H2,1-4H3,(H,40,54)(H,44,52)(H,46,53)(H4,37,38,41)(H3,39,43,47,48,55)/t19-,20-,21+,27+/m1/s1. The second kappa shape index (κ2) is 20.8. The van der Waals surface area contributed by atoms with Crippen molar-refractivity contribution in [3.63, 3.8) is 0 Å². The van der Waals surface area contributed by atoms with Crippen molar-refractivity contribution in [3.05, 3.63) is 52.1 Å². The number of ketones is 3. The number of nitrogens with two attached hydrogens (primary N) is 3. The van der Waals surface area contributed by atoms with Crippen molar-refractivity contribution in [3.8, 4) is 0 Å². The molecule has 2 heterocycles. The molecule has 0 bridgehead atoms. The number of carbonyl (C=O) groups excluding carboxylic acids is 6. The van der Waals surface area contributed by atoms with Gasteiger partial charge >= 0.3 is 0 Å². The zero-order valence-corrected chi connectivity index (χ0v) is 31.4. The van der Waals surface area contributed by atoms with Crippen LogP contribution in [0.5, 0.6) is 0 Å². The van der Waals surface area contributed by atoms with E-state index in [0.717, 1.165) is 0 Å². The van der Waals surface area contributed by atoms with E-state index in [-0.39, 0.29) is 91.6 Å². The second-order valence-electron chi connectivity index (χ2n) is 13.3. The molecule has 2 aromatic heterocycles. The molecule has 296 valence electrons. The fourth-order valence-electron chi connectivity index (χ4n) is 5.24. The number of amides is 3. The van der Waals surface area contributed by atoms with E-state index in [4.69, 9.17) is 17.2 Å². The van der Waals surface area contributed by atoms with Crippen LogP contribution < -0.4 is 44.0 Å². The number of hydrogen-bond acceptors (Lipinski definition) is 13. The van der Waals surface area contributed by atoms with E-state index in [9.17, 15) is 33.6 Å². The van der Waals surface area contributed by atoms with Crippen molar-refractivity contribution in [2.75, 3.05) is 24.1 Å². The van der Waals surface area contributed by atoms with Crippen LogP contribution in [0.4, 0.5) is 11.6 Å². The smallest absolute Gasteiger partial charge is 0.280 e. The van der Waals surface area contributed by atoms with Crippen LogP contribution in [0, 0.1) is 11.8 Å². The van der Waals surface area contributed by atoms with E-state index in [1.165, 1.54) is 13.1 Å². The second-order valence-corrected chi connectivity index (χ2v) is 13.3. The maximum absolute atomic E-state index is 13.2. The number of rotatable bonds is 22. The Labute approximate surface area is 317 Å². The molecule has 0 spiro atoms. The Bertz CT molecular complexity index is 1940. The minimum Gasteiger partial charge on any atom is -0.379 e. The number of nitrogens with one attached hydrogen (secondary N) is 5. The first-order valence-corrected chi connectivity index (χ1v) is 17.9. The summed E-state index contributed by atoms with van der Waals surface area (Å²) in [6.45, 7) is 6.76. The number of Topliss-reactive ketones (excluding diaryl/α,β-unsaturated/α-hetero) is 3. The SMILES string of the molecule is CC(=O)[C@H](C)NC(=O)[C@H](C)CC(=O)[C@H](CCCN=C(N)N)NC(=O)[C@H](C)CC(=O)CCCNC(=O)c1ccc(NCc2cnc3nc(N)[nH]c(=O)c3n2)cc1. The monoisotopic (exact) mass is 762 g/mol. The molecule has 0 aliphatic heterocycles. The summed E-state index contributed by atoms with van der Waals surface area (Å²) in [5.74, 6) is -3.72. The lowest BCUT2D eigenvalue weighted by atomic mass is 9.95. The Morgan fingerprint density at radius 2 is 1.58 bits per heavy atom. The largest absolute Gasteiger partial charge is 0.379 e. The number of hydrogen-bond donors (Lipinski definition) is 8. The molecule has 4 atom stereocenters. The minimum atomic E-state index is -0.941. The Balaban J connectivity index is 1.43. The van der Waals surface area contributed by atoms with Gasteiger partial charge in [-0.2, -0.15) is 4.98 Å². The summed E-state index contributed by atoms with van der Waals surface area (Å²) in [6.07, 6.45) is 2.29. The maximum atomic E-state index is 13.2. The number of anilines is 2. The van der Waals surface area contributed by atoms with Crippen molar-refractivity contribution < 1.29 is 28.8 Å². The highest BCUT2D eigenvalue weighted by Crippen LogP contribution is 2.14. The Hall–Kier alpha value is -6.27. The van der Waals surface area contributed by atoms with Crippen LogP contribution in [0.25, 0.3) is 11.2 Å². The van der Waals surface area contributed by atoms with Crippen LogP contribution in [-0.4, -0.2) is 86.1 Å². The first kappa shape index (κ1) is 43.1. The van der Waals surface area contributed by atoms with Gasteiger partial charge in [-0.15, -0.1) is 0 Å². The number of nitrogen functional groups attached to an aromatic ring is 1. The van der Waals surface area contributed by atoms with Crippen molar-refractivity contribution in [1.82, 2.24) is 35.9 Å². The van der Waals surface area contributed by atoms with Gasteiger partial charge in [0.2, 0.25) is 17.8 Å². The molecule has 3 amide bonds. The molecule has 11 N–H and O–H groups in total. The maximum Gasteiger partial charge on any atom is 0.280 e. The number of aromatic amines is 1. The highest BCUT2D eigenvalue weighted by molar-refractivity contribution is 5.95. The number of guanidine groups is 1. The first-order valence-electron chi connectivity index (χ1n) is 17.9. The van der Waals surface area contributed by atoms with Gasteiger partial charge in [0.05, 0.1) is 30.5 Å². The number of fused-ring (bicyclic) bond motifs is 1. The van der Waals surface area contributed by atoms with E-state index >= 15 is 0 Å². The lowest BCUT2D eigenvalue weighted by Gasteiger charge is -2.22. The molecule has 19 heteroatoms. The van der Waals surface area contributed by atoms with Gasteiger partial charge in [-0.3, -0.25) is 43.5 Å². The molecule has 3 aromatic rings. The molecular weight excluding hydrogens is 712 g/mol. The van der Waals surface area contributed by atoms with E-state index in [1.54, 1.807) is 45.0 Å². The summed E-state index contributed by atoms with van der Waals surface area (Å²) < 4.78 is 0. The Morgan fingerprint density at radius 1 is 0.909 bits per heavy atom. The van der Waals surface area contributed by atoms with Crippen molar-refractivity contribution >= 4 is 63.8 Å². The van der Waals surface area contributed by atoms with Gasteiger partial charge in [0, 0.05) is 55.4 Å². The number of aliphatic imine (C=N–C) groups is 1. The predicted octanol–water partition coefficient (Wildman–Crippen LogP) is 0.240. The molecule has 55 heavy (non-hydrogen) atoms. The van der Waals surface area contributed by atoms with E-state index < -0.39 is 41.3 Å². The quantitative estimate of drug-likeness (QED) is 0.0386. The van der Waals surface area contributed by atoms with Gasteiger partial charge in [0.15, 0.2) is 28.7 Å². The van der Waals surface area contributed by atoms with Gasteiger partial charge in [0.25, 0.3) is 11.5 Å². The van der Waals surface area contributed by atoms with Gasteiger partial charge in [-0.1, -0.05) is 13.8 Å². The highest BCUT2D eigenvalue weighted by Gasteiger charge is 2.28. The van der Waals surface area contributed by atoms with Crippen LogP contribution in [-0.2, 0) is 30.5 Å². The van der Waals surface area contributed by atoms with Crippen LogP contribution >= 0.6 is 0 Å². The third kappa shape index (κ3) is 14.2. The number of benzene rings is 1. The summed E-state index contributed by atoms with van der Waals surface area (Å²) >= 11 is 0. The fourth-order valence-corrected chi connectivity index (χ4v) is 5.24. The van der Waals surface area contributed by atoms with E-state index in [0.29, 0.717) is 29.8 Å². The molecule has 3 rings (SSSR count).